The lowest BCUT2D eigenvalue weighted by atomic mass is 10.3. The van der Waals surface area contributed by atoms with Crippen LogP contribution in [0.3, 0.4) is 0 Å². The minimum atomic E-state index is -1.04. The van der Waals surface area contributed by atoms with Crippen molar-refractivity contribution in [1.29, 1.82) is 0 Å². The van der Waals surface area contributed by atoms with E-state index in [0.29, 0.717) is 0 Å². The number of nitrogens with one attached hydrogen (secondary N) is 1. The van der Waals surface area contributed by atoms with Crippen LogP contribution in [0.5, 0.6) is 0 Å². The maximum absolute atomic E-state index is 10.8. The number of carbonyl (C=O) groups excluding carboxylic acids is 1. The number of nitrogens with zero attached hydrogens (tertiary/aromatic N) is 1. The van der Waals surface area contributed by atoms with E-state index < -0.39 is 12.0 Å². The summed E-state index contributed by atoms with van der Waals surface area (Å²) in [6, 6.07) is -0.884. The molecule has 1 unspecified atom stereocenters. The van der Waals surface area contributed by atoms with E-state index >= 15 is 0 Å². The second-order valence-corrected chi connectivity index (χ2v) is 5.78. The highest BCUT2D eigenvalue weighted by Gasteiger charge is 2.19. The molecule has 1 rings (SSSR count). The summed E-state index contributed by atoms with van der Waals surface area (Å²) in [7, 11) is 0. The maximum Gasteiger partial charge on any atom is 0.327 e. The Morgan fingerprint density at radius 2 is 2.44 bits per heavy atom. The number of thiazole rings is 1. The summed E-state index contributed by atoms with van der Waals surface area (Å²) in [6.45, 7) is 1.29. The highest BCUT2D eigenvalue weighted by Crippen LogP contribution is 2.25. The van der Waals surface area contributed by atoms with Crippen molar-refractivity contribution in [1.82, 2.24) is 10.3 Å². The molecule has 1 amide bonds. The first-order valence-electron chi connectivity index (χ1n) is 4.22. The Hall–Kier alpha value is -0.600. The second-order valence-electron chi connectivity index (χ2n) is 2.84. The Morgan fingerprint density at radius 1 is 1.75 bits per heavy atom. The van der Waals surface area contributed by atoms with E-state index in [9.17, 15) is 9.59 Å². The Kier molecular flexibility index (Phi) is 5.23. The van der Waals surface area contributed by atoms with Crippen molar-refractivity contribution in [2.75, 3.05) is 5.75 Å². The molecule has 0 aliphatic rings. The van der Waals surface area contributed by atoms with Crippen LogP contribution in [0.4, 0.5) is 0 Å². The van der Waals surface area contributed by atoms with Crippen LogP contribution < -0.4 is 5.32 Å². The van der Waals surface area contributed by atoms with Gasteiger partial charge in [-0.1, -0.05) is 11.8 Å². The SMILES string of the molecule is CC(=O)NC(CSc1nc(Br)cs1)C(=O)O. The number of aliphatic carboxylic acids is 1. The van der Waals surface area contributed by atoms with Gasteiger partial charge in [-0.25, -0.2) is 9.78 Å². The molecule has 0 aliphatic carbocycles. The monoisotopic (exact) mass is 324 g/mol. The van der Waals surface area contributed by atoms with Crippen LogP contribution >= 0.6 is 39.0 Å². The number of halogens is 1. The Labute approximate surface area is 109 Å². The average Bonchev–Trinajstić information content (AvgIpc) is 2.58. The van der Waals surface area contributed by atoms with Gasteiger partial charge in [-0.15, -0.1) is 11.3 Å². The Morgan fingerprint density at radius 3 is 2.88 bits per heavy atom. The van der Waals surface area contributed by atoms with E-state index in [2.05, 4.69) is 26.2 Å². The molecule has 8 heteroatoms. The van der Waals surface area contributed by atoms with Crippen LogP contribution in [-0.2, 0) is 9.59 Å². The number of carbonyl (C=O) groups is 2. The van der Waals surface area contributed by atoms with E-state index in [1.807, 2.05) is 5.38 Å². The van der Waals surface area contributed by atoms with Crippen molar-refractivity contribution in [2.45, 2.75) is 17.3 Å². The normalized spacial score (nSPS) is 12.1. The summed E-state index contributed by atoms with van der Waals surface area (Å²) in [6.07, 6.45) is 0. The lowest BCUT2D eigenvalue weighted by Crippen LogP contribution is -2.41. The van der Waals surface area contributed by atoms with Gasteiger partial charge >= 0.3 is 5.97 Å². The van der Waals surface area contributed by atoms with Gasteiger partial charge in [-0.2, -0.15) is 0 Å². The number of amides is 1. The van der Waals surface area contributed by atoms with Crippen LogP contribution in [0.15, 0.2) is 14.3 Å². The molecule has 0 fully saturated rings. The maximum atomic E-state index is 10.8. The fourth-order valence-corrected chi connectivity index (χ4v) is 3.29. The van der Waals surface area contributed by atoms with Crippen LogP contribution in [0.1, 0.15) is 6.92 Å². The van der Waals surface area contributed by atoms with Crippen molar-refractivity contribution in [3.8, 4) is 0 Å². The summed E-state index contributed by atoms with van der Waals surface area (Å²) in [4.78, 5) is 25.7. The van der Waals surface area contributed by atoms with Crippen molar-refractivity contribution in [3.63, 3.8) is 0 Å². The Balaban J connectivity index is 2.50. The predicted octanol–water partition coefficient (Wildman–Crippen LogP) is 1.59. The molecule has 0 saturated heterocycles. The molecule has 16 heavy (non-hydrogen) atoms. The topological polar surface area (TPSA) is 79.3 Å². The minimum Gasteiger partial charge on any atom is -0.480 e. The highest BCUT2D eigenvalue weighted by molar-refractivity contribution is 9.10. The van der Waals surface area contributed by atoms with Gasteiger partial charge in [0.2, 0.25) is 5.91 Å². The summed E-state index contributed by atoms with van der Waals surface area (Å²) in [5.74, 6) is -1.14. The molecule has 1 aromatic heterocycles. The molecule has 0 aromatic carbocycles. The number of thioether (sulfide) groups is 1. The van der Waals surface area contributed by atoms with Crippen molar-refractivity contribution in [2.24, 2.45) is 0 Å². The van der Waals surface area contributed by atoms with Crippen molar-refractivity contribution < 1.29 is 14.7 Å². The van der Waals surface area contributed by atoms with Crippen LogP contribution in [0.25, 0.3) is 0 Å². The van der Waals surface area contributed by atoms with Gasteiger partial charge in [0.1, 0.15) is 10.6 Å². The quantitative estimate of drug-likeness (QED) is 0.804. The third-order valence-corrected chi connectivity index (χ3v) is 4.33. The number of hydrogen-bond acceptors (Lipinski definition) is 5. The van der Waals surface area contributed by atoms with E-state index in [0.717, 1.165) is 8.94 Å². The predicted molar refractivity (Wildman–Crippen MR) is 65.8 cm³/mol. The molecule has 0 aliphatic heterocycles. The Bertz CT molecular complexity index is 396. The van der Waals surface area contributed by atoms with E-state index in [-0.39, 0.29) is 11.7 Å². The number of hydrogen-bond donors (Lipinski definition) is 2. The number of aromatic nitrogens is 1. The first-order valence-corrected chi connectivity index (χ1v) is 6.88. The molecule has 1 heterocycles. The summed E-state index contributed by atoms with van der Waals surface area (Å²) in [5.41, 5.74) is 0. The molecule has 0 radical (unpaired) electrons. The summed E-state index contributed by atoms with van der Waals surface area (Å²) in [5, 5.41) is 13.0. The summed E-state index contributed by atoms with van der Waals surface area (Å²) >= 11 is 5.93. The molecule has 1 aromatic rings. The standard InChI is InChI=1S/C8H9BrN2O3S2/c1-4(12)10-5(7(13)14)2-15-8-11-6(9)3-16-8/h3,5H,2H2,1H3,(H,10,12)(H,13,14). The van der Waals surface area contributed by atoms with E-state index in [1.54, 1.807) is 0 Å². The number of rotatable bonds is 5. The van der Waals surface area contributed by atoms with E-state index in [4.69, 9.17) is 5.11 Å². The van der Waals surface area contributed by atoms with Gasteiger partial charge in [-0.3, -0.25) is 4.79 Å². The summed E-state index contributed by atoms with van der Waals surface area (Å²) < 4.78 is 1.50. The molecule has 88 valence electrons. The van der Waals surface area contributed by atoms with Crippen molar-refractivity contribution in [3.05, 3.63) is 9.98 Å². The molecule has 0 saturated carbocycles. The van der Waals surface area contributed by atoms with Crippen LogP contribution in [0, 0.1) is 0 Å². The average molecular weight is 325 g/mol. The number of carboxylic acid groups (broad SMARTS) is 1. The van der Waals surface area contributed by atoms with Gasteiger partial charge < -0.3 is 10.4 Å². The molecule has 2 N–H and O–H groups in total. The number of carboxylic acids is 1. The van der Waals surface area contributed by atoms with Crippen molar-refractivity contribution >= 4 is 50.9 Å². The fourth-order valence-electron chi connectivity index (χ4n) is 0.880. The lowest BCUT2D eigenvalue weighted by molar-refractivity contribution is -0.140. The second kappa shape index (κ2) is 6.21. The zero-order valence-electron chi connectivity index (χ0n) is 8.27. The first-order chi connectivity index (χ1) is 7.49. The largest absolute Gasteiger partial charge is 0.480 e. The van der Waals surface area contributed by atoms with Gasteiger partial charge in [0.25, 0.3) is 0 Å². The third kappa shape index (κ3) is 4.50. The first kappa shape index (κ1) is 13.5. The van der Waals surface area contributed by atoms with Gasteiger partial charge in [-0.05, 0) is 15.9 Å². The van der Waals surface area contributed by atoms with Gasteiger partial charge in [0.15, 0.2) is 4.34 Å². The highest BCUT2D eigenvalue weighted by atomic mass is 79.9. The third-order valence-electron chi connectivity index (χ3n) is 1.50. The van der Waals surface area contributed by atoms with Crippen LogP contribution in [-0.4, -0.2) is 33.8 Å². The minimum absolute atomic E-state index is 0.259. The van der Waals surface area contributed by atoms with E-state index in [1.165, 1.54) is 30.0 Å². The molecular weight excluding hydrogens is 316 g/mol. The zero-order chi connectivity index (χ0) is 12.1. The fraction of sp³-hybridized carbons (Fsp3) is 0.375. The lowest BCUT2D eigenvalue weighted by Gasteiger charge is -2.11. The van der Waals surface area contributed by atoms with Gasteiger partial charge in [0.05, 0.1) is 0 Å². The molecule has 5 nitrogen and oxygen atoms in total. The van der Waals surface area contributed by atoms with Gasteiger partial charge in [0, 0.05) is 18.1 Å². The zero-order valence-corrected chi connectivity index (χ0v) is 11.5. The molecule has 1 atom stereocenters. The molecule has 0 bridgehead atoms. The van der Waals surface area contributed by atoms with Crippen LogP contribution in [0.2, 0.25) is 0 Å². The molecular formula is C8H9BrN2O3S2. The molecule has 0 spiro atoms. The smallest absolute Gasteiger partial charge is 0.327 e.